The van der Waals surface area contributed by atoms with Gasteiger partial charge in [-0.05, 0) is 60.7 Å². The lowest BCUT2D eigenvalue weighted by molar-refractivity contribution is 0.0727. The molecule has 2 aliphatic rings. The normalized spacial score (nSPS) is 15.2. The van der Waals surface area contributed by atoms with Crippen LogP contribution in [0, 0.1) is 0 Å². The van der Waals surface area contributed by atoms with Gasteiger partial charge in [-0.25, -0.2) is 19.6 Å². The van der Waals surface area contributed by atoms with E-state index in [9.17, 15) is 9.59 Å². The fraction of sp³-hybridized carbons (Fsp3) is 0. The Kier molecular flexibility index (Phi) is 6.25. The predicted molar refractivity (Wildman–Crippen MR) is 156 cm³/mol. The van der Waals surface area contributed by atoms with Crippen molar-refractivity contribution in [3.8, 4) is 23.0 Å². The summed E-state index contributed by atoms with van der Waals surface area (Å²) < 4.78 is 22.9. The molecule has 0 spiro atoms. The fourth-order valence-corrected chi connectivity index (χ4v) is 4.60. The van der Waals surface area contributed by atoms with Crippen molar-refractivity contribution in [2.24, 2.45) is 9.98 Å². The minimum absolute atomic E-state index is 0.255. The number of esters is 2. The predicted octanol–water partition coefficient (Wildman–Crippen LogP) is 7.77. The third kappa shape index (κ3) is 5.00. The number of benzene rings is 5. The number of aliphatic imine (C=N–C) groups is 2. The maximum atomic E-state index is 12.1. The van der Waals surface area contributed by atoms with Crippen molar-refractivity contribution in [3.05, 3.63) is 144 Å². The first-order valence-electron chi connectivity index (χ1n) is 13.1. The summed E-state index contributed by atoms with van der Waals surface area (Å²) in [6, 6.07) is 35.8. The van der Waals surface area contributed by atoms with Gasteiger partial charge in [-0.3, -0.25) is 0 Å². The van der Waals surface area contributed by atoms with Crippen LogP contribution in [0.5, 0.6) is 23.0 Å². The number of carbonyl (C=O) groups is 2. The minimum Gasteiger partial charge on any atom is -0.457 e. The second kappa shape index (κ2) is 10.5. The van der Waals surface area contributed by atoms with Gasteiger partial charge >= 0.3 is 11.9 Å². The monoisotopic (exact) mass is 552 g/mol. The van der Waals surface area contributed by atoms with Crippen molar-refractivity contribution in [2.45, 2.75) is 0 Å². The Morgan fingerprint density at radius 3 is 1.26 bits per heavy atom. The molecule has 0 radical (unpaired) electrons. The van der Waals surface area contributed by atoms with Gasteiger partial charge in [0.1, 0.15) is 23.0 Å². The molecule has 0 aliphatic carbocycles. The summed E-state index contributed by atoms with van der Waals surface area (Å²) in [5.41, 5.74) is 3.45. The second-order valence-corrected chi connectivity index (χ2v) is 9.38. The van der Waals surface area contributed by atoms with Crippen LogP contribution in [0.1, 0.15) is 31.8 Å². The van der Waals surface area contributed by atoms with Gasteiger partial charge in [-0.15, -0.1) is 0 Å². The zero-order valence-electron chi connectivity index (χ0n) is 21.9. The topological polar surface area (TPSA) is 95.8 Å². The lowest BCUT2D eigenvalue weighted by atomic mass is 10.1. The van der Waals surface area contributed by atoms with Crippen LogP contribution in [-0.2, 0) is 9.47 Å². The van der Waals surface area contributed by atoms with Gasteiger partial charge in [0.05, 0.1) is 33.6 Å². The number of rotatable bonds is 6. The number of hydrogen-bond donors (Lipinski definition) is 0. The fourth-order valence-electron chi connectivity index (χ4n) is 4.60. The highest BCUT2D eigenvalue weighted by Crippen LogP contribution is 2.32. The number of nitrogens with zero attached hydrogens (tertiary/aromatic N) is 2. The quantitative estimate of drug-likeness (QED) is 0.200. The van der Waals surface area contributed by atoms with Gasteiger partial charge in [0, 0.05) is 18.2 Å². The Balaban J connectivity index is 1.07. The van der Waals surface area contributed by atoms with Crippen LogP contribution in [0.4, 0.5) is 11.4 Å². The van der Waals surface area contributed by atoms with E-state index in [0.29, 0.717) is 56.6 Å². The molecule has 0 fully saturated rings. The molecule has 0 bridgehead atoms. The zero-order valence-corrected chi connectivity index (χ0v) is 21.9. The molecule has 5 aromatic carbocycles. The Labute approximate surface area is 240 Å². The molecule has 8 nitrogen and oxygen atoms in total. The maximum Gasteiger partial charge on any atom is 0.345 e. The molecule has 0 unspecified atom stereocenters. The summed E-state index contributed by atoms with van der Waals surface area (Å²) in [4.78, 5) is 33.3. The standard InChI is InChI=1S/C34H20N2O6/c37-33-29-16-3-1-14-27(29)31(41-33)35-21-8-5-10-23(18-21)39-25-12-7-13-26(20-25)40-24-11-6-9-22(19-24)36-32-28-15-2-4-17-30(28)34(38)42-32/h1-20H. The Bertz CT molecular complexity index is 1810. The van der Waals surface area contributed by atoms with Gasteiger partial charge in [-0.2, -0.15) is 0 Å². The number of ether oxygens (including phenoxy) is 4. The smallest absolute Gasteiger partial charge is 0.345 e. The summed E-state index contributed by atoms with van der Waals surface area (Å²) in [6.07, 6.45) is 0. The summed E-state index contributed by atoms with van der Waals surface area (Å²) in [5.74, 6) is 1.89. The SMILES string of the molecule is O=C1OC(=Nc2cccc(Oc3cccc(Oc4cccc(N=C5OC(=O)c6ccccc65)c4)c3)c2)c2ccccc21. The van der Waals surface area contributed by atoms with Gasteiger partial charge in [0.15, 0.2) is 0 Å². The minimum atomic E-state index is -0.418. The van der Waals surface area contributed by atoms with E-state index in [1.807, 2.05) is 54.6 Å². The van der Waals surface area contributed by atoms with Gasteiger partial charge < -0.3 is 18.9 Å². The molecule has 5 aromatic rings. The molecule has 0 atom stereocenters. The lowest BCUT2D eigenvalue weighted by Gasteiger charge is -2.10. The molecule has 0 saturated heterocycles. The third-order valence-electron chi connectivity index (χ3n) is 6.51. The highest BCUT2D eigenvalue weighted by molar-refractivity contribution is 6.18. The van der Waals surface area contributed by atoms with Gasteiger partial charge in [0.2, 0.25) is 11.8 Å². The first kappa shape index (κ1) is 25.0. The van der Waals surface area contributed by atoms with E-state index in [4.69, 9.17) is 18.9 Å². The number of carbonyl (C=O) groups excluding carboxylic acids is 2. The van der Waals surface area contributed by atoms with E-state index in [0.717, 1.165) is 0 Å². The van der Waals surface area contributed by atoms with Crippen LogP contribution in [0.2, 0.25) is 0 Å². The van der Waals surface area contributed by atoms with E-state index >= 15 is 0 Å². The van der Waals surface area contributed by atoms with Gasteiger partial charge in [-0.1, -0.05) is 42.5 Å². The van der Waals surface area contributed by atoms with E-state index in [1.54, 1.807) is 66.7 Å². The van der Waals surface area contributed by atoms with Crippen LogP contribution in [0.15, 0.2) is 131 Å². The molecule has 2 aliphatic heterocycles. The first-order chi connectivity index (χ1) is 20.6. The van der Waals surface area contributed by atoms with Crippen LogP contribution in [-0.4, -0.2) is 23.7 Å². The molecule has 0 N–H and O–H groups in total. The third-order valence-corrected chi connectivity index (χ3v) is 6.51. The van der Waals surface area contributed by atoms with Crippen molar-refractivity contribution >= 4 is 35.1 Å². The van der Waals surface area contributed by atoms with Crippen molar-refractivity contribution in [3.63, 3.8) is 0 Å². The average molecular weight is 553 g/mol. The summed E-state index contributed by atoms with van der Waals surface area (Å²) in [5, 5.41) is 0. The summed E-state index contributed by atoms with van der Waals surface area (Å²) >= 11 is 0. The average Bonchev–Trinajstić information content (AvgIpc) is 3.49. The van der Waals surface area contributed by atoms with Crippen molar-refractivity contribution in [1.82, 2.24) is 0 Å². The van der Waals surface area contributed by atoms with E-state index in [2.05, 4.69) is 9.98 Å². The summed E-state index contributed by atoms with van der Waals surface area (Å²) in [6.45, 7) is 0. The van der Waals surface area contributed by atoms with E-state index in [-0.39, 0.29) is 11.8 Å². The molecule has 0 saturated carbocycles. The van der Waals surface area contributed by atoms with Gasteiger partial charge in [0.25, 0.3) is 0 Å². The molecule has 8 heteroatoms. The zero-order chi connectivity index (χ0) is 28.5. The van der Waals surface area contributed by atoms with Crippen molar-refractivity contribution < 1.29 is 28.5 Å². The van der Waals surface area contributed by atoms with Crippen molar-refractivity contribution in [1.29, 1.82) is 0 Å². The Hall–Kier alpha value is -6.02. The maximum absolute atomic E-state index is 12.1. The molecular weight excluding hydrogens is 532 g/mol. The van der Waals surface area contributed by atoms with E-state index in [1.165, 1.54) is 0 Å². The molecule has 2 heterocycles. The molecule has 0 amide bonds. The van der Waals surface area contributed by atoms with Crippen LogP contribution in [0.25, 0.3) is 0 Å². The summed E-state index contributed by atoms with van der Waals surface area (Å²) in [7, 11) is 0. The van der Waals surface area contributed by atoms with Crippen LogP contribution >= 0.6 is 0 Å². The molecule has 7 rings (SSSR count). The largest absolute Gasteiger partial charge is 0.457 e. The number of fused-ring (bicyclic) bond motifs is 2. The Morgan fingerprint density at radius 2 is 0.810 bits per heavy atom. The van der Waals surface area contributed by atoms with Crippen molar-refractivity contribution in [2.75, 3.05) is 0 Å². The molecule has 202 valence electrons. The number of cyclic esters (lactones) is 2. The van der Waals surface area contributed by atoms with Crippen LogP contribution < -0.4 is 9.47 Å². The first-order valence-corrected chi connectivity index (χ1v) is 13.1. The second-order valence-electron chi connectivity index (χ2n) is 9.38. The molecule has 42 heavy (non-hydrogen) atoms. The Morgan fingerprint density at radius 1 is 0.429 bits per heavy atom. The highest BCUT2D eigenvalue weighted by atomic mass is 16.6. The highest BCUT2D eigenvalue weighted by Gasteiger charge is 2.28. The van der Waals surface area contributed by atoms with E-state index < -0.39 is 11.9 Å². The molecule has 0 aromatic heterocycles. The lowest BCUT2D eigenvalue weighted by Crippen LogP contribution is -1.99. The number of hydrogen-bond acceptors (Lipinski definition) is 8. The molecular formula is C34H20N2O6. The van der Waals surface area contributed by atoms with Crippen LogP contribution in [0.3, 0.4) is 0 Å².